The van der Waals surface area contributed by atoms with Gasteiger partial charge in [-0.25, -0.2) is 13.1 Å². The molecule has 0 radical (unpaired) electrons. The van der Waals surface area contributed by atoms with Crippen molar-refractivity contribution in [2.75, 3.05) is 0 Å². The van der Waals surface area contributed by atoms with Gasteiger partial charge in [-0.1, -0.05) is 55.1 Å². The van der Waals surface area contributed by atoms with Crippen molar-refractivity contribution in [1.82, 2.24) is 15.0 Å². The molecule has 0 spiro atoms. The van der Waals surface area contributed by atoms with E-state index in [4.69, 9.17) is 0 Å². The molecule has 6 heteroatoms. The van der Waals surface area contributed by atoms with E-state index in [2.05, 4.69) is 40.7 Å². The lowest BCUT2D eigenvalue weighted by molar-refractivity contribution is 0.578. The summed E-state index contributed by atoms with van der Waals surface area (Å²) in [5.41, 5.74) is 6.28. The molecule has 2 aromatic carbocycles. The molecule has 3 N–H and O–H groups in total. The predicted molar refractivity (Wildman–Crippen MR) is 122 cm³/mol. The third-order valence-corrected chi connectivity index (χ3v) is 6.13. The molecule has 0 atom stereocenters. The van der Waals surface area contributed by atoms with Crippen LogP contribution in [0.5, 0.6) is 0 Å². The molecule has 0 aliphatic heterocycles. The first-order valence-corrected chi connectivity index (χ1v) is 11.2. The largest absolute Gasteiger partial charge is 0.384 e. The Bertz CT molecular complexity index is 1150. The maximum atomic E-state index is 12.2. The molecule has 0 unspecified atom stereocenters. The topological polar surface area (TPSA) is 74.0 Å². The van der Waals surface area contributed by atoms with Crippen LogP contribution in [0.15, 0.2) is 90.2 Å². The van der Waals surface area contributed by atoms with E-state index in [1.165, 1.54) is 11.6 Å². The van der Waals surface area contributed by atoms with E-state index in [0.717, 1.165) is 28.0 Å². The third kappa shape index (κ3) is 5.72. The highest BCUT2D eigenvalue weighted by molar-refractivity contribution is 7.89. The number of benzene rings is 2. The van der Waals surface area contributed by atoms with Crippen LogP contribution in [0.4, 0.5) is 0 Å². The van der Waals surface area contributed by atoms with Crippen LogP contribution in [0, 0.1) is 6.92 Å². The van der Waals surface area contributed by atoms with Crippen molar-refractivity contribution >= 4 is 15.6 Å². The summed E-state index contributed by atoms with van der Waals surface area (Å²) in [6.07, 6.45) is 3.63. The van der Waals surface area contributed by atoms with Gasteiger partial charge in [-0.2, -0.15) is 0 Å². The monoisotopic (exact) mass is 421 g/mol. The number of rotatable bonds is 9. The van der Waals surface area contributed by atoms with E-state index in [1.807, 2.05) is 49.4 Å². The zero-order valence-electron chi connectivity index (χ0n) is 17.3. The molecule has 156 valence electrons. The molecule has 0 bridgehead atoms. The molecule has 1 heterocycles. The lowest BCUT2D eigenvalue weighted by Crippen LogP contribution is -2.23. The number of aryl methyl sites for hydroxylation is 1. The molecule has 0 amide bonds. The molecule has 30 heavy (non-hydrogen) atoms. The first-order valence-electron chi connectivity index (χ1n) is 9.73. The summed E-state index contributed by atoms with van der Waals surface area (Å²) in [5.74, 6) is 0. The van der Waals surface area contributed by atoms with Gasteiger partial charge in [0, 0.05) is 25.0 Å². The first-order chi connectivity index (χ1) is 14.3. The Labute approximate surface area is 178 Å². The Kier molecular flexibility index (Phi) is 6.92. The van der Waals surface area contributed by atoms with Gasteiger partial charge in [0.25, 0.3) is 10.0 Å². The first kappa shape index (κ1) is 21.6. The molecule has 3 rings (SSSR count). The van der Waals surface area contributed by atoms with Gasteiger partial charge in [0.1, 0.15) is 5.03 Å². The third-order valence-electron chi connectivity index (χ3n) is 4.77. The molecule has 5 nitrogen and oxygen atoms in total. The van der Waals surface area contributed by atoms with Crippen LogP contribution in [0.2, 0.25) is 0 Å². The second-order valence-corrected chi connectivity index (χ2v) is 8.94. The number of nitrogens with one attached hydrogen (secondary N) is 3. The van der Waals surface area contributed by atoms with Gasteiger partial charge in [-0.3, -0.25) is 0 Å². The van der Waals surface area contributed by atoms with Crippen LogP contribution >= 0.6 is 0 Å². The minimum atomic E-state index is -3.54. The van der Waals surface area contributed by atoms with Crippen LogP contribution in [0.3, 0.4) is 0 Å². The predicted octanol–water partition coefficient (Wildman–Crippen LogP) is 4.51. The molecule has 0 aliphatic rings. The molecule has 0 saturated carbocycles. The SMILES string of the molecule is C=C(/C=C(\C)NCc1cccc(CNS(=O)(=O)c2ccc[nH]2)c1)c1ccccc1C. The van der Waals surface area contributed by atoms with Crippen LogP contribution in [0.25, 0.3) is 5.57 Å². The van der Waals surface area contributed by atoms with Gasteiger partial charge in [-0.05, 0) is 59.9 Å². The average Bonchev–Trinajstić information content (AvgIpc) is 3.27. The van der Waals surface area contributed by atoms with Gasteiger partial charge in [0.05, 0.1) is 0 Å². The van der Waals surface area contributed by atoms with Crippen molar-refractivity contribution in [2.24, 2.45) is 0 Å². The fourth-order valence-corrected chi connectivity index (χ4v) is 4.14. The Morgan fingerprint density at radius 3 is 2.47 bits per heavy atom. The second-order valence-electron chi connectivity index (χ2n) is 7.20. The van der Waals surface area contributed by atoms with Crippen molar-refractivity contribution in [3.05, 3.63) is 107 Å². The zero-order valence-corrected chi connectivity index (χ0v) is 18.1. The Morgan fingerprint density at radius 1 is 1.03 bits per heavy atom. The highest BCUT2D eigenvalue weighted by atomic mass is 32.2. The van der Waals surface area contributed by atoms with Crippen LogP contribution in [0.1, 0.15) is 29.2 Å². The average molecular weight is 422 g/mol. The number of aromatic amines is 1. The number of allylic oxidation sites excluding steroid dienone is 3. The molecule has 0 saturated heterocycles. The maximum Gasteiger partial charge on any atom is 0.256 e. The fraction of sp³-hybridized carbons (Fsp3) is 0.167. The standard InChI is InChI=1S/C24H27N3O2S/c1-18-8-4-5-11-23(18)19(2)14-20(3)26-16-21-9-6-10-22(15-21)17-27-30(28,29)24-12-7-13-25-24/h4-15,25-27H,2,16-17H2,1,3H3/b20-14+. The highest BCUT2D eigenvalue weighted by Gasteiger charge is 2.14. The van der Waals surface area contributed by atoms with Crippen molar-refractivity contribution in [3.8, 4) is 0 Å². The van der Waals surface area contributed by atoms with E-state index in [0.29, 0.717) is 6.54 Å². The minimum absolute atomic E-state index is 0.162. The van der Waals surface area contributed by atoms with Gasteiger partial charge in [0.2, 0.25) is 0 Å². The number of H-pyrrole nitrogens is 1. The van der Waals surface area contributed by atoms with E-state index in [1.54, 1.807) is 12.3 Å². The van der Waals surface area contributed by atoms with Gasteiger partial charge in [0.15, 0.2) is 0 Å². The van der Waals surface area contributed by atoms with Gasteiger partial charge in [-0.15, -0.1) is 0 Å². The Balaban J connectivity index is 1.59. The van der Waals surface area contributed by atoms with E-state index >= 15 is 0 Å². The second kappa shape index (κ2) is 9.61. The molecule has 0 aliphatic carbocycles. The number of hydrogen-bond acceptors (Lipinski definition) is 3. The van der Waals surface area contributed by atoms with E-state index in [-0.39, 0.29) is 11.6 Å². The van der Waals surface area contributed by atoms with E-state index in [9.17, 15) is 8.42 Å². The maximum absolute atomic E-state index is 12.2. The zero-order chi connectivity index (χ0) is 21.6. The normalized spacial score (nSPS) is 12.0. The smallest absolute Gasteiger partial charge is 0.256 e. The quantitative estimate of drug-likeness (QED) is 0.445. The fourth-order valence-electron chi connectivity index (χ4n) is 3.15. The Morgan fingerprint density at radius 2 is 1.77 bits per heavy atom. The summed E-state index contributed by atoms with van der Waals surface area (Å²) >= 11 is 0. The van der Waals surface area contributed by atoms with Crippen LogP contribution in [-0.2, 0) is 23.1 Å². The van der Waals surface area contributed by atoms with Crippen molar-refractivity contribution in [1.29, 1.82) is 0 Å². The van der Waals surface area contributed by atoms with Gasteiger partial charge < -0.3 is 10.3 Å². The van der Waals surface area contributed by atoms with Crippen molar-refractivity contribution in [3.63, 3.8) is 0 Å². The molecule has 3 aromatic rings. The lowest BCUT2D eigenvalue weighted by atomic mass is 10.0. The highest BCUT2D eigenvalue weighted by Crippen LogP contribution is 2.19. The molecular formula is C24H27N3O2S. The van der Waals surface area contributed by atoms with Gasteiger partial charge >= 0.3 is 0 Å². The Hall–Kier alpha value is -3.09. The lowest BCUT2D eigenvalue weighted by Gasteiger charge is -2.11. The summed E-state index contributed by atoms with van der Waals surface area (Å²) in [6.45, 7) is 9.14. The number of sulfonamides is 1. The van der Waals surface area contributed by atoms with Crippen LogP contribution < -0.4 is 10.0 Å². The summed E-state index contributed by atoms with van der Waals surface area (Å²) in [7, 11) is -3.54. The molecular weight excluding hydrogens is 394 g/mol. The number of aromatic nitrogens is 1. The van der Waals surface area contributed by atoms with Crippen molar-refractivity contribution < 1.29 is 8.42 Å². The van der Waals surface area contributed by atoms with E-state index < -0.39 is 10.0 Å². The summed E-state index contributed by atoms with van der Waals surface area (Å²) in [4.78, 5) is 2.71. The summed E-state index contributed by atoms with van der Waals surface area (Å²) in [5, 5.41) is 3.56. The molecule has 0 fully saturated rings. The summed E-state index contributed by atoms with van der Waals surface area (Å²) in [6, 6.07) is 19.2. The molecule has 1 aromatic heterocycles. The minimum Gasteiger partial charge on any atom is -0.384 e. The number of hydrogen-bond donors (Lipinski definition) is 3. The van der Waals surface area contributed by atoms with Crippen LogP contribution in [-0.4, -0.2) is 13.4 Å². The summed E-state index contributed by atoms with van der Waals surface area (Å²) < 4.78 is 27.1. The van der Waals surface area contributed by atoms with Crippen molar-refractivity contribution in [2.45, 2.75) is 32.0 Å².